The molecule has 0 aromatic heterocycles. The first kappa shape index (κ1) is 15.1. The lowest BCUT2D eigenvalue weighted by atomic mass is 9.46. The third-order valence-electron chi connectivity index (χ3n) is 6.67. The number of allylic oxidation sites excluding steroid dienone is 1. The first-order valence-corrected chi connectivity index (χ1v) is 8.17. The van der Waals surface area contributed by atoms with E-state index in [0.717, 1.165) is 18.3 Å². The fourth-order valence-electron chi connectivity index (χ4n) is 4.91. The lowest BCUT2D eigenvalue weighted by Gasteiger charge is -2.59. The monoisotopic (exact) mass is 264 g/mol. The molecule has 2 fully saturated rings. The molecule has 2 saturated carbocycles. The molecular formula is C18H32O. The van der Waals surface area contributed by atoms with Crippen molar-refractivity contribution >= 4 is 0 Å². The minimum absolute atomic E-state index is 0.163. The molecule has 1 heteroatoms. The lowest BCUT2D eigenvalue weighted by Crippen LogP contribution is -2.50. The number of fused-ring (bicyclic) bond motifs is 1. The highest BCUT2D eigenvalue weighted by atomic mass is 16.3. The Hall–Kier alpha value is -0.300. The van der Waals surface area contributed by atoms with Crippen LogP contribution in [-0.2, 0) is 0 Å². The summed E-state index contributed by atoms with van der Waals surface area (Å²) in [7, 11) is 0. The third-order valence-corrected chi connectivity index (χ3v) is 6.67. The van der Waals surface area contributed by atoms with Gasteiger partial charge in [-0.05, 0) is 74.5 Å². The molecule has 0 aromatic carbocycles. The predicted octanol–water partition coefficient (Wildman–Crippen LogP) is 4.95. The molecular weight excluding hydrogens is 232 g/mol. The molecule has 0 saturated heterocycles. The normalized spacial score (nSPS) is 44.8. The number of hydrogen-bond donors (Lipinski definition) is 1. The zero-order chi connectivity index (χ0) is 14.3. The van der Waals surface area contributed by atoms with Crippen LogP contribution in [0.1, 0.15) is 72.6 Å². The summed E-state index contributed by atoms with van der Waals surface area (Å²) in [6, 6.07) is 0. The second-order valence-corrected chi connectivity index (χ2v) is 7.80. The molecule has 2 aliphatic carbocycles. The molecule has 2 rings (SSSR count). The van der Waals surface area contributed by atoms with Crippen LogP contribution < -0.4 is 0 Å². The second kappa shape index (κ2) is 5.24. The van der Waals surface area contributed by atoms with Crippen molar-refractivity contribution in [2.45, 2.75) is 78.7 Å². The van der Waals surface area contributed by atoms with E-state index in [9.17, 15) is 5.11 Å². The molecule has 110 valence electrons. The zero-order valence-corrected chi connectivity index (χ0v) is 13.3. The van der Waals surface area contributed by atoms with Crippen molar-refractivity contribution in [3.8, 4) is 0 Å². The van der Waals surface area contributed by atoms with Crippen LogP contribution in [0.5, 0.6) is 0 Å². The van der Waals surface area contributed by atoms with Crippen LogP contribution in [0.25, 0.3) is 0 Å². The predicted molar refractivity (Wildman–Crippen MR) is 82.0 cm³/mol. The molecule has 0 radical (unpaired) electrons. The van der Waals surface area contributed by atoms with Crippen molar-refractivity contribution in [1.29, 1.82) is 0 Å². The van der Waals surface area contributed by atoms with E-state index in [-0.39, 0.29) is 6.10 Å². The number of aliphatic hydroxyl groups excluding tert-OH is 1. The first-order valence-electron chi connectivity index (χ1n) is 8.17. The van der Waals surface area contributed by atoms with Gasteiger partial charge in [0.05, 0.1) is 6.10 Å². The third kappa shape index (κ3) is 2.51. The van der Waals surface area contributed by atoms with Gasteiger partial charge < -0.3 is 5.11 Å². The summed E-state index contributed by atoms with van der Waals surface area (Å²) in [5.74, 6) is 1.54. The van der Waals surface area contributed by atoms with Gasteiger partial charge >= 0.3 is 0 Å². The molecule has 19 heavy (non-hydrogen) atoms. The van der Waals surface area contributed by atoms with Gasteiger partial charge in [0.1, 0.15) is 0 Å². The van der Waals surface area contributed by atoms with Crippen LogP contribution in [0.2, 0.25) is 0 Å². The van der Waals surface area contributed by atoms with E-state index in [1.54, 1.807) is 0 Å². The van der Waals surface area contributed by atoms with Crippen LogP contribution in [0.3, 0.4) is 0 Å². The molecule has 0 bridgehead atoms. The minimum atomic E-state index is -0.163. The van der Waals surface area contributed by atoms with Crippen molar-refractivity contribution in [2.24, 2.45) is 22.7 Å². The molecule has 0 aliphatic heterocycles. The Bertz CT molecular complexity index is 346. The fourth-order valence-corrected chi connectivity index (χ4v) is 4.91. The van der Waals surface area contributed by atoms with Gasteiger partial charge in [-0.3, -0.25) is 0 Å². The zero-order valence-electron chi connectivity index (χ0n) is 13.3. The molecule has 1 nitrogen and oxygen atoms in total. The Morgan fingerprint density at radius 2 is 2.05 bits per heavy atom. The molecule has 1 N–H and O–H groups in total. The van der Waals surface area contributed by atoms with Gasteiger partial charge in [0.2, 0.25) is 0 Å². The highest BCUT2D eigenvalue weighted by Gasteiger charge is 2.53. The van der Waals surface area contributed by atoms with Gasteiger partial charge in [0.25, 0.3) is 0 Å². The van der Waals surface area contributed by atoms with E-state index >= 15 is 0 Å². The van der Waals surface area contributed by atoms with E-state index < -0.39 is 0 Å². The number of hydrogen-bond acceptors (Lipinski definition) is 1. The fraction of sp³-hybridized carbons (Fsp3) is 0.889. The van der Waals surface area contributed by atoms with E-state index in [0.29, 0.717) is 10.8 Å². The SMILES string of the molecule is C=C1CCC[C@@H]2[C@@](C)(CC[C@H](C)O)[C@H](C)CC[C@@]12C. The summed E-state index contributed by atoms with van der Waals surface area (Å²) < 4.78 is 0. The van der Waals surface area contributed by atoms with E-state index in [2.05, 4.69) is 27.4 Å². The summed E-state index contributed by atoms with van der Waals surface area (Å²) in [6.07, 6.45) is 8.49. The summed E-state index contributed by atoms with van der Waals surface area (Å²) in [5, 5.41) is 9.68. The average molecular weight is 264 g/mol. The van der Waals surface area contributed by atoms with Crippen molar-refractivity contribution in [1.82, 2.24) is 0 Å². The summed E-state index contributed by atoms with van der Waals surface area (Å²) in [5.41, 5.74) is 2.24. The van der Waals surface area contributed by atoms with Crippen molar-refractivity contribution in [2.75, 3.05) is 0 Å². The average Bonchev–Trinajstić information content (AvgIpc) is 2.35. The number of rotatable bonds is 3. The maximum atomic E-state index is 9.68. The Morgan fingerprint density at radius 3 is 2.68 bits per heavy atom. The lowest BCUT2D eigenvalue weighted by molar-refractivity contribution is -0.0603. The van der Waals surface area contributed by atoms with Crippen molar-refractivity contribution in [3.05, 3.63) is 12.2 Å². The van der Waals surface area contributed by atoms with E-state index in [1.165, 1.54) is 44.1 Å². The molecule has 0 spiro atoms. The smallest absolute Gasteiger partial charge is 0.0512 e. The highest BCUT2D eigenvalue weighted by molar-refractivity contribution is 5.19. The molecule has 0 aromatic rings. The maximum absolute atomic E-state index is 9.68. The van der Waals surface area contributed by atoms with Gasteiger partial charge in [-0.2, -0.15) is 0 Å². The Morgan fingerprint density at radius 1 is 1.37 bits per heavy atom. The van der Waals surface area contributed by atoms with Gasteiger partial charge in [0.15, 0.2) is 0 Å². The first-order chi connectivity index (χ1) is 8.80. The minimum Gasteiger partial charge on any atom is -0.393 e. The van der Waals surface area contributed by atoms with Crippen LogP contribution in [-0.4, -0.2) is 11.2 Å². The Kier molecular flexibility index (Phi) is 4.16. The Balaban J connectivity index is 2.26. The van der Waals surface area contributed by atoms with Crippen LogP contribution in [0.4, 0.5) is 0 Å². The van der Waals surface area contributed by atoms with Gasteiger partial charge in [-0.15, -0.1) is 0 Å². The van der Waals surface area contributed by atoms with Crippen molar-refractivity contribution < 1.29 is 5.11 Å². The Labute approximate surface area is 119 Å². The quantitative estimate of drug-likeness (QED) is 0.715. The summed E-state index contributed by atoms with van der Waals surface area (Å²) in [4.78, 5) is 0. The molecule has 0 heterocycles. The van der Waals surface area contributed by atoms with Gasteiger partial charge in [-0.25, -0.2) is 0 Å². The van der Waals surface area contributed by atoms with Gasteiger partial charge in [-0.1, -0.05) is 32.9 Å². The maximum Gasteiger partial charge on any atom is 0.0512 e. The van der Waals surface area contributed by atoms with Crippen LogP contribution in [0.15, 0.2) is 12.2 Å². The van der Waals surface area contributed by atoms with E-state index in [1.807, 2.05) is 6.92 Å². The molecule has 2 aliphatic rings. The topological polar surface area (TPSA) is 20.2 Å². The standard InChI is InChI=1S/C18H32O/c1-13-7-6-8-16-17(13,4)11-9-14(2)18(16,5)12-10-15(3)19/h14-16,19H,1,6-12H2,2-5H3/t14-,15+,16+,17+,18+/m1/s1. The highest BCUT2D eigenvalue weighted by Crippen LogP contribution is 2.62. The summed E-state index contributed by atoms with van der Waals surface area (Å²) >= 11 is 0. The largest absolute Gasteiger partial charge is 0.393 e. The van der Waals surface area contributed by atoms with Crippen molar-refractivity contribution in [3.63, 3.8) is 0 Å². The second-order valence-electron chi connectivity index (χ2n) is 7.80. The number of aliphatic hydroxyl groups is 1. The van der Waals surface area contributed by atoms with E-state index in [4.69, 9.17) is 0 Å². The molecule has 5 atom stereocenters. The molecule has 0 amide bonds. The van der Waals surface area contributed by atoms with Crippen LogP contribution in [0, 0.1) is 22.7 Å². The van der Waals surface area contributed by atoms with Crippen LogP contribution >= 0.6 is 0 Å². The summed E-state index contributed by atoms with van der Waals surface area (Å²) in [6.45, 7) is 13.7. The van der Waals surface area contributed by atoms with Gasteiger partial charge in [0, 0.05) is 0 Å². The molecule has 0 unspecified atom stereocenters.